The Morgan fingerprint density at radius 2 is 2.05 bits per heavy atom. The van der Waals surface area contributed by atoms with Crippen LogP contribution in [0.3, 0.4) is 0 Å². The number of hydrogen-bond acceptors (Lipinski definition) is 4. The maximum atomic E-state index is 5.71. The number of nitrogens with zero attached hydrogens (tertiary/aromatic N) is 1. The summed E-state index contributed by atoms with van der Waals surface area (Å²) in [5.74, 6) is 1.30. The van der Waals surface area contributed by atoms with E-state index in [4.69, 9.17) is 21.1 Å². The van der Waals surface area contributed by atoms with Gasteiger partial charge in [-0.3, -0.25) is 0 Å². The zero-order valence-corrected chi connectivity index (χ0v) is 12.3. The smallest absolute Gasteiger partial charge is 0.140 e. The fraction of sp³-hybridized carbons (Fsp3) is 0.357. The monoisotopic (exact) mass is 297 g/mol. The Kier molecular flexibility index (Phi) is 5.63. The maximum absolute atomic E-state index is 5.71. The summed E-state index contributed by atoms with van der Waals surface area (Å²) in [4.78, 5) is 4.35. The van der Waals surface area contributed by atoms with Crippen LogP contribution in [0.4, 0.5) is 0 Å². The van der Waals surface area contributed by atoms with Crippen molar-refractivity contribution < 1.29 is 9.47 Å². The Balaban J connectivity index is 1.85. The van der Waals surface area contributed by atoms with E-state index in [1.807, 2.05) is 17.5 Å². The fourth-order valence-electron chi connectivity index (χ4n) is 1.59. The van der Waals surface area contributed by atoms with Crippen molar-refractivity contribution in [1.82, 2.24) is 4.98 Å². The predicted octanol–water partition coefficient (Wildman–Crippen LogP) is 3.65. The molecule has 0 spiro atoms. The van der Waals surface area contributed by atoms with Crippen LogP contribution in [0.5, 0.6) is 5.75 Å². The molecule has 0 aliphatic carbocycles. The van der Waals surface area contributed by atoms with Gasteiger partial charge in [0.15, 0.2) is 0 Å². The van der Waals surface area contributed by atoms with Crippen molar-refractivity contribution in [2.75, 3.05) is 13.7 Å². The topological polar surface area (TPSA) is 31.4 Å². The molecule has 5 heteroatoms. The number of aromatic nitrogens is 1. The molecule has 0 bridgehead atoms. The van der Waals surface area contributed by atoms with Crippen LogP contribution in [-0.4, -0.2) is 18.7 Å². The molecule has 102 valence electrons. The first kappa shape index (κ1) is 14.3. The Bertz CT molecular complexity index is 498. The van der Waals surface area contributed by atoms with E-state index < -0.39 is 0 Å². The number of methoxy groups -OCH3 is 1. The van der Waals surface area contributed by atoms with Crippen LogP contribution in [0.1, 0.15) is 16.3 Å². The second kappa shape index (κ2) is 7.48. The quantitative estimate of drug-likeness (QED) is 0.731. The molecular weight excluding hydrogens is 282 g/mol. The van der Waals surface area contributed by atoms with E-state index in [2.05, 4.69) is 17.1 Å². The van der Waals surface area contributed by atoms with Crippen molar-refractivity contribution in [1.29, 1.82) is 0 Å². The fourth-order valence-corrected chi connectivity index (χ4v) is 2.53. The number of thiazole rings is 1. The van der Waals surface area contributed by atoms with Gasteiger partial charge in [0.2, 0.25) is 0 Å². The molecule has 0 saturated heterocycles. The molecule has 3 nitrogen and oxygen atoms in total. The van der Waals surface area contributed by atoms with Gasteiger partial charge in [-0.15, -0.1) is 22.9 Å². The molecule has 1 aromatic carbocycles. The molecule has 0 aliphatic heterocycles. The molecule has 2 aromatic rings. The molecule has 19 heavy (non-hydrogen) atoms. The Morgan fingerprint density at radius 1 is 1.26 bits per heavy atom. The van der Waals surface area contributed by atoms with Crippen LogP contribution in [0.2, 0.25) is 0 Å². The summed E-state index contributed by atoms with van der Waals surface area (Å²) < 4.78 is 10.7. The van der Waals surface area contributed by atoms with Gasteiger partial charge < -0.3 is 9.47 Å². The first-order valence-electron chi connectivity index (χ1n) is 6.01. The molecule has 0 fully saturated rings. The zero-order chi connectivity index (χ0) is 13.5. The van der Waals surface area contributed by atoms with Gasteiger partial charge in [-0.05, 0) is 24.1 Å². The molecule has 0 radical (unpaired) electrons. The third-order valence-corrected chi connectivity index (χ3v) is 3.76. The van der Waals surface area contributed by atoms with Gasteiger partial charge in [0.1, 0.15) is 17.4 Å². The van der Waals surface area contributed by atoms with Crippen LogP contribution >= 0.6 is 22.9 Å². The second-order valence-corrected chi connectivity index (χ2v) is 5.25. The van der Waals surface area contributed by atoms with E-state index in [0.717, 1.165) is 29.5 Å². The van der Waals surface area contributed by atoms with E-state index in [1.165, 1.54) is 5.56 Å². The normalized spacial score (nSPS) is 10.6. The lowest BCUT2D eigenvalue weighted by molar-refractivity contribution is 0.202. The number of ether oxygens (including phenoxy) is 2. The van der Waals surface area contributed by atoms with Crippen LogP contribution in [0.25, 0.3) is 0 Å². The van der Waals surface area contributed by atoms with Crippen molar-refractivity contribution in [3.8, 4) is 5.75 Å². The molecule has 1 aromatic heterocycles. The molecule has 0 N–H and O–H groups in total. The van der Waals surface area contributed by atoms with Gasteiger partial charge in [0.25, 0.3) is 0 Å². The van der Waals surface area contributed by atoms with Gasteiger partial charge in [-0.2, -0.15) is 0 Å². The molecule has 0 amide bonds. The number of alkyl halides is 1. The van der Waals surface area contributed by atoms with E-state index >= 15 is 0 Å². The Hall–Kier alpha value is -1.10. The van der Waals surface area contributed by atoms with Crippen molar-refractivity contribution in [2.24, 2.45) is 0 Å². The van der Waals surface area contributed by atoms with Crippen LogP contribution in [0.15, 0.2) is 29.6 Å². The maximum Gasteiger partial charge on any atom is 0.140 e. The molecule has 0 atom stereocenters. The highest BCUT2D eigenvalue weighted by molar-refractivity contribution is 7.09. The first-order valence-corrected chi connectivity index (χ1v) is 7.43. The summed E-state index contributed by atoms with van der Waals surface area (Å²) in [5.41, 5.74) is 2.15. The predicted molar refractivity (Wildman–Crippen MR) is 78.0 cm³/mol. The van der Waals surface area contributed by atoms with Crippen molar-refractivity contribution in [3.63, 3.8) is 0 Å². The molecule has 1 heterocycles. The minimum atomic E-state index is 0.449. The second-order valence-electron chi connectivity index (χ2n) is 4.04. The lowest BCUT2D eigenvalue weighted by Crippen LogP contribution is -1.97. The van der Waals surface area contributed by atoms with Crippen LogP contribution in [-0.2, 0) is 23.6 Å². The van der Waals surface area contributed by atoms with E-state index in [9.17, 15) is 0 Å². The average Bonchev–Trinajstić information content (AvgIpc) is 2.92. The largest absolute Gasteiger partial charge is 0.486 e. The third-order valence-electron chi connectivity index (χ3n) is 2.62. The summed E-state index contributed by atoms with van der Waals surface area (Å²) in [6.07, 6.45) is 0.919. The summed E-state index contributed by atoms with van der Waals surface area (Å²) >= 11 is 7.28. The van der Waals surface area contributed by atoms with Gasteiger partial charge in [0.05, 0.1) is 18.2 Å². The highest BCUT2D eigenvalue weighted by Gasteiger charge is 2.02. The highest BCUT2D eigenvalue weighted by atomic mass is 35.5. The van der Waals surface area contributed by atoms with E-state index in [-0.39, 0.29) is 0 Å². The molecular formula is C14H16ClNO2S. The standard InChI is InChI=1S/C14H16ClNO2S/c1-17-7-6-11-2-4-13(5-3-11)18-9-14-16-12(8-15)10-19-14/h2-5,10H,6-9H2,1H3. The lowest BCUT2D eigenvalue weighted by atomic mass is 10.1. The first-order chi connectivity index (χ1) is 9.31. The van der Waals surface area contributed by atoms with E-state index in [0.29, 0.717) is 12.5 Å². The molecule has 2 rings (SSSR count). The summed E-state index contributed by atoms with van der Waals surface area (Å²) in [7, 11) is 1.71. The zero-order valence-electron chi connectivity index (χ0n) is 10.8. The van der Waals surface area contributed by atoms with Gasteiger partial charge >= 0.3 is 0 Å². The average molecular weight is 298 g/mol. The SMILES string of the molecule is COCCc1ccc(OCc2nc(CCl)cs2)cc1. The summed E-state index contributed by atoms with van der Waals surface area (Å²) in [6, 6.07) is 8.06. The molecule has 0 saturated carbocycles. The van der Waals surface area contributed by atoms with E-state index in [1.54, 1.807) is 18.4 Å². The van der Waals surface area contributed by atoms with Gasteiger partial charge in [0, 0.05) is 12.5 Å². The van der Waals surface area contributed by atoms with Gasteiger partial charge in [-0.1, -0.05) is 12.1 Å². The Labute approximate surface area is 122 Å². The third kappa shape index (κ3) is 4.49. The van der Waals surface area contributed by atoms with Gasteiger partial charge in [-0.25, -0.2) is 4.98 Å². The summed E-state index contributed by atoms with van der Waals surface area (Å²) in [6.45, 7) is 1.22. The minimum Gasteiger partial charge on any atom is -0.486 e. The summed E-state index contributed by atoms with van der Waals surface area (Å²) in [5, 5.41) is 2.90. The molecule has 0 unspecified atom stereocenters. The molecule has 0 aliphatic rings. The number of rotatable bonds is 7. The number of halogens is 1. The lowest BCUT2D eigenvalue weighted by Gasteiger charge is -2.05. The van der Waals surface area contributed by atoms with Crippen LogP contribution in [0, 0.1) is 0 Å². The van der Waals surface area contributed by atoms with Crippen molar-refractivity contribution >= 4 is 22.9 Å². The Morgan fingerprint density at radius 3 is 2.68 bits per heavy atom. The number of benzene rings is 1. The van der Waals surface area contributed by atoms with Crippen molar-refractivity contribution in [3.05, 3.63) is 45.9 Å². The van der Waals surface area contributed by atoms with Crippen LogP contribution < -0.4 is 4.74 Å². The number of hydrogen-bond donors (Lipinski definition) is 0. The highest BCUT2D eigenvalue weighted by Crippen LogP contribution is 2.17. The van der Waals surface area contributed by atoms with Crippen molar-refractivity contribution in [2.45, 2.75) is 18.9 Å². The minimum absolute atomic E-state index is 0.449.